The van der Waals surface area contributed by atoms with Gasteiger partial charge in [0.2, 0.25) is 5.88 Å². The van der Waals surface area contributed by atoms with E-state index in [1.165, 1.54) is 7.11 Å². The number of carbonyl (C=O) groups excluding carboxylic acids is 2. The molecule has 1 aliphatic heterocycles. The lowest BCUT2D eigenvalue weighted by molar-refractivity contribution is -0.139. The van der Waals surface area contributed by atoms with E-state index in [4.69, 9.17) is 24.7 Å². The first-order valence-electron chi connectivity index (χ1n) is 9.81. The second kappa shape index (κ2) is 9.71. The van der Waals surface area contributed by atoms with E-state index in [1.807, 2.05) is 6.07 Å². The Balaban J connectivity index is 1.96. The summed E-state index contributed by atoms with van der Waals surface area (Å²) >= 11 is 0. The first-order valence-corrected chi connectivity index (χ1v) is 9.81. The van der Waals surface area contributed by atoms with Crippen molar-refractivity contribution in [2.24, 2.45) is 5.73 Å². The maximum Gasteiger partial charge on any atom is 0.343 e. The lowest BCUT2D eigenvalue weighted by Gasteiger charge is -2.27. The van der Waals surface area contributed by atoms with Crippen molar-refractivity contribution in [2.75, 3.05) is 13.7 Å². The summed E-state index contributed by atoms with van der Waals surface area (Å²) in [6.07, 6.45) is 0. The third-order valence-electron chi connectivity index (χ3n) is 4.83. The SMILES string of the molecule is CCOC(=O)C1=C(C)OC(N)=C(C#N)C1c1cccc(OC(=O)c2ccc(OC)cc2)c1. The number of nitrogens with zero attached hydrogens (tertiary/aromatic N) is 1. The standard InChI is InChI=1S/C24H22N2O6/c1-4-30-24(28)20-14(2)31-22(26)19(13-25)21(20)16-6-5-7-18(12-16)32-23(27)15-8-10-17(29-3)11-9-15/h5-12,21H,4,26H2,1-3H3. The molecular formula is C24H22N2O6. The maximum atomic E-state index is 12.6. The van der Waals surface area contributed by atoms with Crippen molar-refractivity contribution in [3.63, 3.8) is 0 Å². The van der Waals surface area contributed by atoms with E-state index >= 15 is 0 Å². The zero-order valence-electron chi connectivity index (χ0n) is 17.9. The molecule has 8 heteroatoms. The third-order valence-corrected chi connectivity index (χ3v) is 4.83. The van der Waals surface area contributed by atoms with Crippen molar-refractivity contribution in [1.29, 1.82) is 5.26 Å². The van der Waals surface area contributed by atoms with Gasteiger partial charge >= 0.3 is 11.9 Å². The molecule has 0 fully saturated rings. The maximum absolute atomic E-state index is 12.6. The molecule has 1 heterocycles. The summed E-state index contributed by atoms with van der Waals surface area (Å²) in [7, 11) is 1.53. The minimum Gasteiger partial charge on any atom is -0.497 e. The van der Waals surface area contributed by atoms with Gasteiger partial charge in [-0.2, -0.15) is 5.26 Å². The van der Waals surface area contributed by atoms with Gasteiger partial charge < -0.3 is 24.7 Å². The monoisotopic (exact) mass is 434 g/mol. The van der Waals surface area contributed by atoms with Crippen LogP contribution in [0, 0.1) is 11.3 Å². The van der Waals surface area contributed by atoms with Crippen molar-refractivity contribution < 1.29 is 28.5 Å². The third kappa shape index (κ3) is 4.57. The second-order valence-electron chi connectivity index (χ2n) is 6.81. The number of rotatable bonds is 6. The van der Waals surface area contributed by atoms with Gasteiger partial charge in [-0.05, 0) is 55.8 Å². The van der Waals surface area contributed by atoms with Crippen molar-refractivity contribution in [1.82, 2.24) is 0 Å². The average molecular weight is 434 g/mol. The number of carbonyl (C=O) groups is 2. The van der Waals surface area contributed by atoms with Crippen molar-refractivity contribution in [3.05, 3.63) is 82.4 Å². The highest BCUT2D eigenvalue weighted by Gasteiger charge is 2.36. The highest BCUT2D eigenvalue weighted by atomic mass is 16.5. The van der Waals surface area contributed by atoms with Gasteiger partial charge in [-0.3, -0.25) is 0 Å². The Morgan fingerprint density at radius 3 is 2.47 bits per heavy atom. The van der Waals surface area contributed by atoms with Gasteiger partial charge in [0.15, 0.2) is 0 Å². The van der Waals surface area contributed by atoms with Gasteiger partial charge in [0.25, 0.3) is 0 Å². The molecule has 32 heavy (non-hydrogen) atoms. The first-order chi connectivity index (χ1) is 15.4. The van der Waals surface area contributed by atoms with Crippen molar-refractivity contribution >= 4 is 11.9 Å². The predicted octanol–water partition coefficient (Wildman–Crippen LogP) is 3.56. The van der Waals surface area contributed by atoms with Crippen LogP contribution in [0.2, 0.25) is 0 Å². The van der Waals surface area contributed by atoms with Crippen LogP contribution in [-0.2, 0) is 14.3 Å². The van der Waals surface area contributed by atoms with Crippen molar-refractivity contribution in [2.45, 2.75) is 19.8 Å². The van der Waals surface area contributed by atoms with E-state index in [1.54, 1.807) is 62.4 Å². The predicted molar refractivity (Wildman–Crippen MR) is 114 cm³/mol. The Kier molecular flexibility index (Phi) is 6.80. The molecular weight excluding hydrogens is 412 g/mol. The molecule has 0 amide bonds. The average Bonchev–Trinajstić information content (AvgIpc) is 2.79. The van der Waals surface area contributed by atoms with Gasteiger partial charge in [0.1, 0.15) is 28.9 Å². The van der Waals surface area contributed by atoms with E-state index in [9.17, 15) is 14.9 Å². The number of ether oxygens (including phenoxy) is 4. The number of hydrogen-bond acceptors (Lipinski definition) is 8. The fraction of sp³-hybridized carbons (Fsp3) is 0.208. The Hall–Kier alpha value is -4.25. The van der Waals surface area contributed by atoms with Crippen LogP contribution in [0.5, 0.6) is 11.5 Å². The van der Waals surface area contributed by atoms with E-state index in [0.717, 1.165) is 0 Å². The molecule has 0 aliphatic carbocycles. The number of nitrogens with two attached hydrogens (primary N) is 1. The van der Waals surface area contributed by atoms with Crippen LogP contribution in [0.3, 0.4) is 0 Å². The minimum atomic E-state index is -0.826. The number of esters is 2. The van der Waals surface area contributed by atoms with Crippen LogP contribution in [0.15, 0.2) is 71.3 Å². The minimum absolute atomic E-state index is 0.0669. The molecule has 0 spiro atoms. The van der Waals surface area contributed by atoms with E-state index < -0.39 is 17.9 Å². The Labute approximate surface area is 185 Å². The normalized spacial score (nSPS) is 15.5. The summed E-state index contributed by atoms with van der Waals surface area (Å²) in [5, 5.41) is 9.68. The second-order valence-corrected chi connectivity index (χ2v) is 6.81. The van der Waals surface area contributed by atoms with Crippen molar-refractivity contribution in [3.8, 4) is 17.6 Å². The molecule has 3 rings (SSSR count). The van der Waals surface area contributed by atoms with Crippen LogP contribution >= 0.6 is 0 Å². The van der Waals surface area contributed by atoms with Gasteiger partial charge in [0, 0.05) is 0 Å². The largest absolute Gasteiger partial charge is 0.497 e. The Morgan fingerprint density at radius 2 is 1.84 bits per heavy atom. The van der Waals surface area contributed by atoms with Crippen LogP contribution in [0.25, 0.3) is 0 Å². The molecule has 0 radical (unpaired) electrons. The fourth-order valence-electron chi connectivity index (χ4n) is 3.34. The molecule has 0 saturated carbocycles. The summed E-state index contributed by atoms with van der Waals surface area (Å²) in [5.74, 6) is -1.00. The quantitative estimate of drug-likeness (QED) is 0.541. The molecule has 0 bridgehead atoms. The lowest BCUT2D eigenvalue weighted by atomic mass is 9.83. The van der Waals surface area contributed by atoms with Gasteiger partial charge in [-0.25, -0.2) is 9.59 Å². The van der Waals surface area contributed by atoms with E-state index in [2.05, 4.69) is 0 Å². The lowest BCUT2D eigenvalue weighted by Crippen LogP contribution is -2.25. The van der Waals surface area contributed by atoms with Crippen LogP contribution in [0.1, 0.15) is 35.7 Å². The van der Waals surface area contributed by atoms with Gasteiger partial charge in [-0.15, -0.1) is 0 Å². The number of benzene rings is 2. The first kappa shape index (κ1) is 22.4. The highest BCUT2D eigenvalue weighted by molar-refractivity contribution is 5.93. The summed E-state index contributed by atoms with van der Waals surface area (Å²) < 4.78 is 21.2. The molecule has 8 nitrogen and oxygen atoms in total. The molecule has 0 aromatic heterocycles. The smallest absolute Gasteiger partial charge is 0.343 e. The fourth-order valence-corrected chi connectivity index (χ4v) is 3.34. The Bertz CT molecular complexity index is 1140. The summed E-state index contributed by atoms with van der Waals surface area (Å²) in [5.41, 5.74) is 7.01. The Morgan fingerprint density at radius 1 is 1.12 bits per heavy atom. The molecule has 2 aromatic carbocycles. The van der Waals surface area contributed by atoms with Gasteiger partial charge in [0.05, 0.1) is 30.8 Å². The molecule has 1 unspecified atom stereocenters. The molecule has 1 aliphatic rings. The number of methoxy groups -OCH3 is 1. The summed E-state index contributed by atoms with van der Waals surface area (Å²) in [6, 6.07) is 15.0. The molecule has 0 saturated heterocycles. The molecule has 2 N–H and O–H groups in total. The molecule has 1 atom stereocenters. The summed E-state index contributed by atoms with van der Waals surface area (Å²) in [4.78, 5) is 25.2. The van der Waals surface area contributed by atoms with Crippen LogP contribution in [0.4, 0.5) is 0 Å². The van der Waals surface area contributed by atoms with Crippen LogP contribution < -0.4 is 15.2 Å². The number of allylic oxidation sites excluding steroid dienone is 2. The highest BCUT2D eigenvalue weighted by Crippen LogP contribution is 2.40. The number of nitriles is 1. The topological polar surface area (TPSA) is 121 Å². The summed E-state index contributed by atoms with van der Waals surface area (Å²) in [6.45, 7) is 3.41. The zero-order chi connectivity index (χ0) is 23.3. The van der Waals surface area contributed by atoms with Gasteiger partial charge in [-0.1, -0.05) is 12.1 Å². The molecule has 164 valence electrons. The van der Waals surface area contributed by atoms with E-state index in [0.29, 0.717) is 16.9 Å². The van der Waals surface area contributed by atoms with E-state index in [-0.39, 0.29) is 35.1 Å². The zero-order valence-corrected chi connectivity index (χ0v) is 17.9. The van der Waals surface area contributed by atoms with Crippen LogP contribution in [-0.4, -0.2) is 25.7 Å². The number of hydrogen-bond donors (Lipinski definition) is 1. The molecule has 2 aromatic rings.